The van der Waals surface area contributed by atoms with Crippen molar-refractivity contribution in [2.45, 2.75) is 6.92 Å². The standard InChI is InChI=1S/C9H10N3O/c1-7-3-2-4-8(5-7)12-6-10-9(13)11-12/h2,4-5H,6H2,1H3,(H2,10,11,13). The number of carbonyl (C=O) groups is 1. The summed E-state index contributed by atoms with van der Waals surface area (Å²) in [6.07, 6.45) is 0. The van der Waals surface area contributed by atoms with Gasteiger partial charge in [0.15, 0.2) is 0 Å². The lowest BCUT2D eigenvalue weighted by atomic mass is 10.2. The minimum atomic E-state index is -0.162. The molecule has 1 radical (unpaired) electrons. The average molecular weight is 176 g/mol. The topological polar surface area (TPSA) is 44.4 Å². The number of benzene rings is 1. The fraction of sp³-hybridized carbons (Fsp3) is 0.222. The number of rotatable bonds is 1. The SMILES string of the molecule is Cc1[c]ccc(N2CNC(=O)N2)c1. The van der Waals surface area contributed by atoms with E-state index in [9.17, 15) is 4.79 Å². The monoisotopic (exact) mass is 176 g/mol. The van der Waals surface area contributed by atoms with Gasteiger partial charge < -0.3 is 5.32 Å². The molecule has 1 aliphatic heterocycles. The number of aryl methyl sites for hydroxylation is 1. The van der Waals surface area contributed by atoms with Gasteiger partial charge in [-0.05, 0) is 30.7 Å². The van der Waals surface area contributed by atoms with Crippen LogP contribution in [-0.2, 0) is 0 Å². The Bertz CT molecular complexity index is 337. The van der Waals surface area contributed by atoms with Crippen LogP contribution < -0.4 is 15.8 Å². The quantitative estimate of drug-likeness (QED) is 0.664. The van der Waals surface area contributed by atoms with Crippen LogP contribution in [0.5, 0.6) is 0 Å². The highest BCUT2D eigenvalue weighted by atomic mass is 16.2. The number of hydrogen-bond donors (Lipinski definition) is 2. The van der Waals surface area contributed by atoms with Crippen molar-refractivity contribution in [1.29, 1.82) is 0 Å². The fourth-order valence-corrected chi connectivity index (χ4v) is 1.25. The first kappa shape index (κ1) is 7.91. The molecule has 0 unspecified atom stereocenters. The van der Waals surface area contributed by atoms with Gasteiger partial charge in [0.05, 0.1) is 5.69 Å². The van der Waals surface area contributed by atoms with E-state index in [1.165, 1.54) is 0 Å². The van der Waals surface area contributed by atoms with E-state index in [0.29, 0.717) is 6.67 Å². The zero-order valence-corrected chi connectivity index (χ0v) is 7.29. The molecule has 4 heteroatoms. The zero-order chi connectivity index (χ0) is 9.26. The van der Waals surface area contributed by atoms with E-state index in [1.807, 2.05) is 25.1 Å². The van der Waals surface area contributed by atoms with E-state index in [0.717, 1.165) is 11.3 Å². The normalized spacial score (nSPS) is 15.5. The highest BCUT2D eigenvalue weighted by Crippen LogP contribution is 2.13. The second-order valence-electron chi connectivity index (χ2n) is 2.93. The molecular formula is C9H10N3O. The third-order valence-electron chi connectivity index (χ3n) is 1.88. The minimum absolute atomic E-state index is 0.162. The molecule has 1 aromatic carbocycles. The van der Waals surface area contributed by atoms with E-state index in [-0.39, 0.29) is 6.03 Å². The van der Waals surface area contributed by atoms with Gasteiger partial charge in [0.2, 0.25) is 0 Å². The molecule has 1 fully saturated rings. The molecule has 0 spiro atoms. The predicted octanol–water partition coefficient (Wildman–Crippen LogP) is 0.787. The summed E-state index contributed by atoms with van der Waals surface area (Å²) in [7, 11) is 0. The molecule has 1 heterocycles. The second kappa shape index (κ2) is 2.97. The molecule has 1 aromatic rings. The first-order valence-electron chi connectivity index (χ1n) is 4.06. The van der Waals surface area contributed by atoms with Crippen LogP contribution in [-0.4, -0.2) is 12.7 Å². The van der Waals surface area contributed by atoms with Gasteiger partial charge in [-0.15, -0.1) is 0 Å². The van der Waals surface area contributed by atoms with Gasteiger partial charge in [0, 0.05) is 0 Å². The lowest BCUT2D eigenvalue weighted by Crippen LogP contribution is -2.32. The van der Waals surface area contributed by atoms with Gasteiger partial charge in [-0.2, -0.15) is 0 Å². The van der Waals surface area contributed by atoms with E-state index < -0.39 is 0 Å². The third-order valence-corrected chi connectivity index (χ3v) is 1.88. The number of nitrogens with one attached hydrogen (secondary N) is 2. The fourth-order valence-electron chi connectivity index (χ4n) is 1.25. The van der Waals surface area contributed by atoms with Gasteiger partial charge in [0.1, 0.15) is 6.67 Å². The van der Waals surface area contributed by atoms with Crippen molar-refractivity contribution in [2.24, 2.45) is 0 Å². The lowest BCUT2D eigenvalue weighted by molar-refractivity contribution is 0.248. The molecule has 0 bridgehead atoms. The van der Waals surface area contributed by atoms with E-state index in [2.05, 4.69) is 16.8 Å². The number of hydrogen-bond acceptors (Lipinski definition) is 2. The maximum atomic E-state index is 10.8. The molecule has 2 rings (SSSR count). The Hall–Kier alpha value is -1.71. The average Bonchev–Trinajstić information content (AvgIpc) is 2.52. The zero-order valence-electron chi connectivity index (χ0n) is 7.29. The summed E-state index contributed by atoms with van der Waals surface area (Å²) in [5, 5.41) is 4.41. The molecule has 4 nitrogen and oxygen atoms in total. The van der Waals surface area contributed by atoms with Crippen LogP contribution in [0.2, 0.25) is 0 Å². The van der Waals surface area contributed by atoms with Gasteiger partial charge in [-0.3, -0.25) is 5.01 Å². The Morgan fingerprint density at radius 2 is 2.46 bits per heavy atom. The molecule has 0 atom stereocenters. The van der Waals surface area contributed by atoms with Crippen LogP contribution in [0.1, 0.15) is 5.56 Å². The largest absolute Gasteiger partial charge is 0.335 e. The predicted molar refractivity (Wildman–Crippen MR) is 49.0 cm³/mol. The highest BCUT2D eigenvalue weighted by molar-refractivity contribution is 5.79. The van der Waals surface area contributed by atoms with Crippen molar-refractivity contribution < 1.29 is 4.79 Å². The first-order valence-corrected chi connectivity index (χ1v) is 4.06. The Morgan fingerprint density at radius 1 is 1.62 bits per heavy atom. The number of amides is 2. The third kappa shape index (κ3) is 1.56. The molecule has 67 valence electrons. The molecule has 0 aromatic heterocycles. The van der Waals surface area contributed by atoms with Crippen LogP contribution >= 0.6 is 0 Å². The molecule has 13 heavy (non-hydrogen) atoms. The maximum Gasteiger partial charge on any atom is 0.335 e. The first-order chi connectivity index (χ1) is 6.25. The number of carbonyl (C=O) groups excluding carboxylic acids is 1. The van der Waals surface area contributed by atoms with Gasteiger partial charge in [-0.1, -0.05) is 6.07 Å². The van der Waals surface area contributed by atoms with E-state index >= 15 is 0 Å². The Morgan fingerprint density at radius 3 is 3.08 bits per heavy atom. The summed E-state index contributed by atoms with van der Waals surface area (Å²) < 4.78 is 0. The van der Waals surface area contributed by atoms with Crippen molar-refractivity contribution in [3.8, 4) is 0 Å². The van der Waals surface area contributed by atoms with Crippen LogP contribution in [0.3, 0.4) is 0 Å². The number of hydrazine groups is 1. The Labute approximate surface area is 76.5 Å². The van der Waals surface area contributed by atoms with Crippen LogP contribution in [0.25, 0.3) is 0 Å². The highest BCUT2D eigenvalue weighted by Gasteiger charge is 2.16. The smallest absolute Gasteiger partial charge is 0.317 e. The van der Waals surface area contributed by atoms with Crippen LogP contribution in [0.15, 0.2) is 18.2 Å². The second-order valence-corrected chi connectivity index (χ2v) is 2.93. The number of urea groups is 1. The van der Waals surface area contributed by atoms with Crippen molar-refractivity contribution in [2.75, 3.05) is 11.7 Å². The van der Waals surface area contributed by atoms with Crippen molar-refractivity contribution in [1.82, 2.24) is 10.7 Å². The number of anilines is 1. The Kier molecular flexibility index (Phi) is 1.81. The summed E-state index contributed by atoms with van der Waals surface area (Å²) >= 11 is 0. The van der Waals surface area contributed by atoms with Crippen molar-refractivity contribution in [3.05, 3.63) is 29.8 Å². The molecule has 0 aliphatic carbocycles. The summed E-state index contributed by atoms with van der Waals surface area (Å²) in [4.78, 5) is 10.8. The maximum absolute atomic E-state index is 10.8. The minimum Gasteiger partial charge on any atom is -0.317 e. The van der Waals surface area contributed by atoms with Crippen LogP contribution in [0, 0.1) is 13.0 Å². The molecule has 2 amide bonds. The lowest BCUT2D eigenvalue weighted by Gasteiger charge is -2.15. The van der Waals surface area contributed by atoms with Crippen molar-refractivity contribution in [3.63, 3.8) is 0 Å². The molecule has 0 saturated carbocycles. The van der Waals surface area contributed by atoms with Crippen molar-refractivity contribution >= 4 is 11.7 Å². The summed E-state index contributed by atoms with van der Waals surface area (Å²) in [6.45, 7) is 2.47. The number of nitrogens with zero attached hydrogens (tertiary/aromatic N) is 1. The molecule has 2 N–H and O–H groups in total. The van der Waals surface area contributed by atoms with Gasteiger partial charge >= 0.3 is 6.03 Å². The summed E-state index contributed by atoms with van der Waals surface area (Å²) in [5.41, 5.74) is 4.69. The molecular weight excluding hydrogens is 166 g/mol. The summed E-state index contributed by atoms with van der Waals surface area (Å²) in [6, 6.07) is 8.60. The van der Waals surface area contributed by atoms with Gasteiger partial charge in [-0.25, -0.2) is 10.2 Å². The van der Waals surface area contributed by atoms with Crippen LogP contribution in [0.4, 0.5) is 10.5 Å². The molecule has 1 saturated heterocycles. The van der Waals surface area contributed by atoms with Gasteiger partial charge in [0.25, 0.3) is 0 Å². The Balaban J connectivity index is 2.21. The van der Waals surface area contributed by atoms with E-state index in [4.69, 9.17) is 0 Å². The van der Waals surface area contributed by atoms with E-state index in [1.54, 1.807) is 5.01 Å². The summed E-state index contributed by atoms with van der Waals surface area (Å²) in [5.74, 6) is 0. The molecule has 1 aliphatic rings.